The number of hydrogen-bond donors (Lipinski definition) is 2. The smallest absolute Gasteiger partial charge is 0.221 e. The number of nitrogens with one attached hydrogen (secondary N) is 2. The molecule has 0 saturated carbocycles. The van der Waals surface area contributed by atoms with Crippen LogP contribution in [0.25, 0.3) is 0 Å². The molecule has 19 heavy (non-hydrogen) atoms. The Morgan fingerprint density at radius 1 is 1.47 bits per heavy atom. The standard InChI is InChI=1S/C14H26N4O/c1-4-6-17-14(19)5-7-18-11-16-10-13(18)9-15-8-12(2)3/h10-12,15H,4-9H2,1-3H3,(H,17,19). The van der Waals surface area contributed by atoms with E-state index in [1.165, 1.54) is 0 Å². The van der Waals surface area contributed by atoms with E-state index in [-0.39, 0.29) is 5.91 Å². The second-order valence-electron chi connectivity index (χ2n) is 5.20. The molecule has 0 aliphatic carbocycles. The molecular weight excluding hydrogens is 240 g/mol. The number of carbonyl (C=O) groups excluding carboxylic acids is 1. The Morgan fingerprint density at radius 3 is 2.95 bits per heavy atom. The SMILES string of the molecule is CCCNC(=O)CCn1cncc1CNCC(C)C. The first-order chi connectivity index (χ1) is 9.13. The van der Waals surface area contributed by atoms with Crippen LogP contribution < -0.4 is 10.6 Å². The van der Waals surface area contributed by atoms with Gasteiger partial charge in [-0.2, -0.15) is 0 Å². The second-order valence-corrected chi connectivity index (χ2v) is 5.20. The zero-order valence-corrected chi connectivity index (χ0v) is 12.3. The van der Waals surface area contributed by atoms with E-state index < -0.39 is 0 Å². The molecule has 1 aromatic rings. The summed E-state index contributed by atoms with van der Waals surface area (Å²) in [7, 11) is 0. The van der Waals surface area contributed by atoms with Crippen molar-refractivity contribution < 1.29 is 4.79 Å². The Morgan fingerprint density at radius 2 is 2.26 bits per heavy atom. The van der Waals surface area contributed by atoms with E-state index in [0.29, 0.717) is 18.9 Å². The Hall–Kier alpha value is -1.36. The van der Waals surface area contributed by atoms with Crippen molar-refractivity contribution in [2.75, 3.05) is 13.1 Å². The number of carbonyl (C=O) groups is 1. The maximum atomic E-state index is 11.6. The Balaban J connectivity index is 2.33. The van der Waals surface area contributed by atoms with E-state index in [4.69, 9.17) is 0 Å². The number of aryl methyl sites for hydroxylation is 1. The van der Waals surface area contributed by atoms with Gasteiger partial charge in [0.25, 0.3) is 0 Å². The lowest BCUT2D eigenvalue weighted by Gasteiger charge is -2.10. The quantitative estimate of drug-likeness (QED) is 0.713. The average Bonchev–Trinajstić information content (AvgIpc) is 2.81. The molecule has 0 spiro atoms. The summed E-state index contributed by atoms with van der Waals surface area (Å²) in [6, 6.07) is 0. The molecule has 0 radical (unpaired) electrons. The highest BCUT2D eigenvalue weighted by Crippen LogP contribution is 2.01. The summed E-state index contributed by atoms with van der Waals surface area (Å²) >= 11 is 0. The lowest BCUT2D eigenvalue weighted by molar-refractivity contribution is -0.121. The monoisotopic (exact) mass is 266 g/mol. The fraction of sp³-hybridized carbons (Fsp3) is 0.714. The largest absolute Gasteiger partial charge is 0.356 e. The van der Waals surface area contributed by atoms with Crippen LogP contribution in [0.5, 0.6) is 0 Å². The first-order valence-electron chi connectivity index (χ1n) is 7.10. The van der Waals surface area contributed by atoms with Gasteiger partial charge in [0.2, 0.25) is 5.91 Å². The fourth-order valence-corrected chi connectivity index (χ4v) is 1.76. The summed E-state index contributed by atoms with van der Waals surface area (Å²) in [5.74, 6) is 0.743. The van der Waals surface area contributed by atoms with Crippen molar-refractivity contribution in [2.45, 2.75) is 46.7 Å². The van der Waals surface area contributed by atoms with Gasteiger partial charge >= 0.3 is 0 Å². The number of amides is 1. The Bertz CT molecular complexity index is 373. The molecule has 1 heterocycles. The molecule has 5 nitrogen and oxygen atoms in total. The summed E-state index contributed by atoms with van der Waals surface area (Å²) < 4.78 is 2.04. The molecule has 1 rings (SSSR count). The molecule has 5 heteroatoms. The molecule has 0 aromatic carbocycles. The van der Waals surface area contributed by atoms with Gasteiger partial charge in [0.1, 0.15) is 0 Å². The minimum absolute atomic E-state index is 0.108. The predicted molar refractivity (Wildman–Crippen MR) is 76.7 cm³/mol. The van der Waals surface area contributed by atoms with Crippen molar-refractivity contribution in [3.63, 3.8) is 0 Å². The maximum Gasteiger partial charge on any atom is 0.221 e. The predicted octanol–water partition coefficient (Wildman–Crippen LogP) is 1.54. The van der Waals surface area contributed by atoms with Gasteiger partial charge in [-0.25, -0.2) is 4.98 Å². The summed E-state index contributed by atoms with van der Waals surface area (Å²) in [5.41, 5.74) is 1.13. The van der Waals surface area contributed by atoms with E-state index in [9.17, 15) is 4.79 Å². The van der Waals surface area contributed by atoms with Crippen LogP contribution in [0, 0.1) is 5.92 Å². The molecule has 1 aromatic heterocycles. The lowest BCUT2D eigenvalue weighted by atomic mass is 10.2. The molecule has 0 aliphatic heterocycles. The molecule has 1 amide bonds. The van der Waals surface area contributed by atoms with Crippen molar-refractivity contribution in [3.8, 4) is 0 Å². The van der Waals surface area contributed by atoms with E-state index >= 15 is 0 Å². The van der Waals surface area contributed by atoms with Crippen molar-refractivity contribution in [2.24, 2.45) is 5.92 Å². The van der Waals surface area contributed by atoms with Crippen LogP contribution in [0.15, 0.2) is 12.5 Å². The number of rotatable bonds is 9. The average molecular weight is 266 g/mol. The van der Waals surface area contributed by atoms with Crippen molar-refractivity contribution >= 4 is 5.91 Å². The first kappa shape index (κ1) is 15.7. The zero-order valence-electron chi connectivity index (χ0n) is 12.3. The van der Waals surface area contributed by atoms with Gasteiger partial charge in [-0.3, -0.25) is 4.79 Å². The molecule has 0 unspecified atom stereocenters. The minimum atomic E-state index is 0.108. The van der Waals surface area contributed by atoms with Crippen LogP contribution in [-0.2, 0) is 17.9 Å². The summed E-state index contributed by atoms with van der Waals surface area (Å²) in [4.78, 5) is 15.7. The van der Waals surface area contributed by atoms with Gasteiger partial charge in [-0.1, -0.05) is 20.8 Å². The summed E-state index contributed by atoms with van der Waals surface area (Å²) in [6.45, 7) is 9.65. The molecule has 2 N–H and O–H groups in total. The van der Waals surface area contributed by atoms with Gasteiger partial charge in [0.15, 0.2) is 0 Å². The van der Waals surface area contributed by atoms with Gasteiger partial charge in [0.05, 0.1) is 12.0 Å². The highest BCUT2D eigenvalue weighted by molar-refractivity contribution is 5.75. The molecule has 0 fully saturated rings. The second kappa shape index (κ2) is 8.69. The van der Waals surface area contributed by atoms with Crippen molar-refractivity contribution in [1.29, 1.82) is 0 Å². The molecule has 0 atom stereocenters. The number of nitrogens with zero attached hydrogens (tertiary/aromatic N) is 2. The van der Waals surface area contributed by atoms with Gasteiger partial charge in [-0.05, 0) is 18.9 Å². The van der Waals surface area contributed by atoms with Gasteiger partial charge < -0.3 is 15.2 Å². The van der Waals surface area contributed by atoms with E-state index in [0.717, 1.165) is 31.7 Å². The normalized spacial score (nSPS) is 10.9. The van der Waals surface area contributed by atoms with Gasteiger partial charge in [-0.15, -0.1) is 0 Å². The van der Waals surface area contributed by atoms with E-state index in [2.05, 4.69) is 36.4 Å². The van der Waals surface area contributed by atoms with Crippen molar-refractivity contribution in [1.82, 2.24) is 20.2 Å². The van der Waals surface area contributed by atoms with Crippen LogP contribution in [0.3, 0.4) is 0 Å². The van der Waals surface area contributed by atoms with E-state index in [1.54, 1.807) is 6.33 Å². The third kappa shape index (κ3) is 6.38. The third-order valence-corrected chi connectivity index (χ3v) is 2.81. The van der Waals surface area contributed by atoms with Crippen LogP contribution in [0.1, 0.15) is 39.3 Å². The molecule has 0 aliphatic rings. The zero-order chi connectivity index (χ0) is 14.1. The molecular formula is C14H26N4O. The fourth-order valence-electron chi connectivity index (χ4n) is 1.76. The summed E-state index contributed by atoms with van der Waals surface area (Å²) in [6.07, 6.45) is 5.13. The molecule has 108 valence electrons. The molecule has 0 saturated heterocycles. The third-order valence-electron chi connectivity index (χ3n) is 2.81. The minimum Gasteiger partial charge on any atom is -0.356 e. The number of imidazole rings is 1. The molecule has 0 bridgehead atoms. The number of aromatic nitrogens is 2. The Kier molecular flexibility index (Phi) is 7.18. The topological polar surface area (TPSA) is 59.0 Å². The van der Waals surface area contributed by atoms with Crippen LogP contribution in [0.4, 0.5) is 0 Å². The summed E-state index contributed by atoms with van der Waals surface area (Å²) in [5, 5.41) is 6.27. The van der Waals surface area contributed by atoms with Gasteiger partial charge in [0, 0.05) is 32.3 Å². The van der Waals surface area contributed by atoms with Crippen LogP contribution >= 0.6 is 0 Å². The van der Waals surface area contributed by atoms with E-state index in [1.807, 2.05) is 10.8 Å². The Labute approximate surface area is 115 Å². The van der Waals surface area contributed by atoms with Crippen LogP contribution in [-0.4, -0.2) is 28.5 Å². The highest BCUT2D eigenvalue weighted by Gasteiger charge is 2.05. The first-order valence-corrected chi connectivity index (χ1v) is 7.10. The lowest BCUT2D eigenvalue weighted by Crippen LogP contribution is -2.25. The highest BCUT2D eigenvalue weighted by atomic mass is 16.1. The van der Waals surface area contributed by atoms with Crippen LogP contribution in [0.2, 0.25) is 0 Å². The maximum absolute atomic E-state index is 11.6. The van der Waals surface area contributed by atoms with Crippen molar-refractivity contribution in [3.05, 3.63) is 18.2 Å². The number of hydrogen-bond acceptors (Lipinski definition) is 3.